The number of halogens is 1. The Bertz CT molecular complexity index is 1390. The van der Waals surface area contributed by atoms with E-state index in [9.17, 15) is 0 Å². The third kappa shape index (κ3) is 5.30. The van der Waals surface area contributed by atoms with Crippen molar-refractivity contribution in [3.8, 4) is 5.75 Å². The van der Waals surface area contributed by atoms with Gasteiger partial charge in [0.15, 0.2) is 0 Å². The number of benzene rings is 4. The van der Waals surface area contributed by atoms with Crippen LogP contribution in [-0.2, 0) is 0 Å². The van der Waals surface area contributed by atoms with E-state index in [-0.39, 0.29) is 6.17 Å². The summed E-state index contributed by atoms with van der Waals surface area (Å²) in [4.78, 5) is 4.46. The summed E-state index contributed by atoms with van der Waals surface area (Å²) in [7, 11) is 3.85. The number of hydrogen-bond donors (Lipinski definition) is 3. The van der Waals surface area contributed by atoms with Crippen molar-refractivity contribution in [2.45, 2.75) is 12.6 Å². The summed E-state index contributed by atoms with van der Waals surface area (Å²) in [6, 6.07) is 36.7. The molecule has 0 fully saturated rings. The number of guanidine groups is 2. The SMILES string of the molecule is C[N+](C)=C1NC(N)=NC(c2ccc(OCCCP(F)(c3ccccc3)(c3ccccc3)c3ccccc3)cc2)N1. The Morgan fingerprint density at radius 3 is 1.77 bits per heavy atom. The Kier molecular flexibility index (Phi) is 7.85. The summed E-state index contributed by atoms with van der Waals surface area (Å²) < 4.78 is 26.6. The van der Waals surface area contributed by atoms with E-state index in [2.05, 4.69) is 15.6 Å². The van der Waals surface area contributed by atoms with E-state index >= 15 is 4.20 Å². The predicted octanol–water partition coefficient (Wildman–Crippen LogP) is 4.00. The average Bonchev–Trinajstić information content (AvgIpc) is 3.00. The molecule has 4 N–H and O–H groups in total. The molecule has 0 aliphatic carbocycles. The third-order valence-electron chi connectivity index (χ3n) is 7.31. The summed E-state index contributed by atoms with van der Waals surface area (Å²) in [5.41, 5.74) is 6.93. The molecule has 1 aliphatic heterocycles. The standard InChI is InChI=1S/C32H35FN5OP/c1-38(2)32-36-30(35-31(34)37-32)25-19-21-26(22-20-25)39-23-12-24-40(33,27-13-6-3-7-14-27,28-15-8-4-9-16-28)29-17-10-5-11-18-29/h3-11,13-22,30H,12,23-24H2,1-2H3,(H3,34,35,36,37)/p+1. The summed E-state index contributed by atoms with van der Waals surface area (Å²) in [6.07, 6.45) is 0.595. The van der Waals surface area contributed by atoms with Crippen LogP contribution in [0, 0.1) is 0 Å². The van der Waals surface area contributed by atoms with Crippen molar-refractivity contribution in [1.29, 1.82) is 0 Å². The van der Waals surface area contributed by atoms with Gasteiger partial charge < -0.3 is 0 Å². The van der Waals surface area contributed by atoms with Gasteiger partial charge in [0.25, 0.3) is 0 Å². The van der Waals surface area contributed by atoms with Crippen LogP contribution >= 0.6 is 6.91 Å². The minimum absolute atomic E-state index is 0.298. The van der Waals surface area contributed by atoms with Crippen LogP contribution in [0.15, 0.2) is 120 Å². The topological polar surface area (TPSA) is 74.7 Å². The Balaban J connectivity index is 1.36. The van der Waals surface area contributed by atoms with Crippen LogP contribution in [0.25, 0.3) is 0 Å². The van der Waals surface area contributed by atoms with Crippen LogP contribution in [0.4, 0.5) is 4.20 Å². The number of ether oxygens (including phenoxy) is 1. The monoisotopic (exact) mass is 556 g/mol. The van der Waals surface area contributed by atoms with Gasteiger partial charge in [-0.15, -0.1) is 0 Å². The second-order valence-corrected chi connectivity index (χ2v) is 14.5. The fraction of sp³-hybridized carbons (Fsp3) is 0.188. The number of nitrogens with one attached hydrogen (secondary N) is 2. The summed E-state index contributed by atoms with van der Waals surface area (Å²) in [6.45, 7) is -3.87. The van der Waals surface area contributed by atoms with Gasteiger partial charge in [-0.05, 0) is 0 Å². The third-order valence-corrected chi connectivity index (χ3v) is 12.6. The molecule has 1 aliphatic rings. The second kappa shape index (κ2) is 11.5. The molecule has 0 saturated heterocycles. The van der Waals surface area contributed by atoms with E-state index in [1.807, 2.05) is 134 Å². The second-order valence-electron chi connectivity index (χ2n) is 10.1. The van der Waals surface area contributed by atoms with Crippen LogP contribution in [-0.4, -0.2) is 43.4 Å². The molecule has 6 nitrogen and oxygen atoms in total. The van der Waals surface area contributed by atoms with E-state index < -0.39 is 6.91 Å². The van der Waals surface area contributed by atoms with Crippen molar-refractivity contribution in [2.75, 3.05) is 26.9 Å². The predicted molar refractivity (Wildman–Crippen MR) is 165 cm³/mol. The molecule has 1 unspecified atom stereocenters. The summed E-state index contributed by atoms with van der Waals surface area (Å²) in [5, 5.41) is 8.55. The molecule has 4 aromatic rings. The van der Waals surface area contributed by atoms with Gasteiger partial charge in [0.2, 0.25) is 0 Å². The maximum absolute atomic E-state index is 18.5. The number of aliphatic imine (C=N–C) groups is 1. The number of hydrogen-bond acceptors (Lipinski definition) is 3. The van der Waals surface area contributed by atoms with Crippen LogP contribution < -0.4 is 37.0 Å². The van der Waals surface area contributed by atoms with E-state index in [1.54, 1.807) is 0 Å². The van der Waals surface area contributed by atoms with Crippen LogP contribution in [0.1, 0.15) is 18.2 Å². The molecular formula is C32H36FN5OP+. The minimum atomic E-state index is -4.26. The van der Waals surface area contributed by atoms with Gasteiger partial charge in [0, 0.05) is 0 Å². The van der Waals surface area contributed by atoms with Crippen molar-refractivity contribution < 1.29 is 13.5 Å². The molecule has 1 atom stereocenters. The molecule has 4 aromatic carbocycles. The summed E-state index contributed by atoms with van der Waals surface area (Å²) in [5.74, 6) is 1.86. The Morgan fingerprint density at radius 1 is 0.800 bits per heavy atom. The van der Waals surface area contributed by atoms with Gasteiger partial charge in [-0.3, -0.25) is 0 Å². The molecule has 206 valence electrons. The molecule has 0 aromatic heterocycles. The van der Waals surface area contributed by atoms with Gasteiger partial charge in [-0.2, -0.15) is 0 Å². The molecule has 0 amide bonds. The van der Waals surface area contributed by atoms with E-state index in [0.717, 1.165) is 33.2 Å². The van der Waals surface area contributed by atoms with Gasteiger partial charge in [-0.25, -0.2) is 0 Å². The molecule has 0 radical (unpaired) electrons. The zero-order valence-electron chi connectivity index (χ0n) is 22.9. The Morgan fingerprint density at radius 2 is 1.30 bits per heavy atom. The van der Waals surface area contributed by atoms with Gasteiger partial charge in [0.1, 0.15) is 0 Å². The molecule has 0 spiro atoms. The first-order chi connectivity index (χ1) is 19.4. The molecule has 1 heterocycles. The summed E-state index contributed by atoms with van der Waals surface area (Å²) >= 11 is 0. The van der Waals surface area contributed by atoms with Crippen molar-refractivity contribution in [1.82, 2.24) is 10.6 Å². The fourth-order valence-corrected chi connectivity index (χ4v) is 10.0. The van der Waals surface area contributed by atoms with E-state index in [0.29, 0.717) is 25.1 Å². The average molecular weight is 557 g/mol. The molecule has 40 heavy (non-hydrogen) atoms. The van der Waals surface area contributed by atoms with Crippen molar-refractivity contribution in [3.63, 3.8) is 0 Å². The van der Waals surface area contributed by atoms with Gasteiger partial charge >= 0.3 is 222 Å². The van der Waals surface area contributed by atoms with Gasteiger partial charge in [0.05, 0.1) is 14.1 Å². The number of nitrogens with zero attached hydrogens (tertiary/aromatic N) is 2. The molecule has 8 heteroatoms. The van der Waals surface area contributed by atoms with Crippen molar-refractivity contribution in [2.24, 2.45) is 10.7 Å². The Labute approximate surface area is 235 Å². The van der Waals surface area contributed by atoms with Gasteiger partial charge in [-0.1, -0.05) is 0 Å². The Hall–Kier alpha value is -4.22. The van der Waals surface area contributed by atoms with Crippen molar-refractivity contribution in [3.05, 3.63) is 121 Å². The number of nitrogens with two attached hydrogens (primary N) is 1. The first-order valence-corrected chi connectivity index (χ1v) is 15.7. The quantitative estimate of drug-likeness (QED) is 0.166. The van der Waals surface area contributed by atoms with Crippen LogP contribution in [0.3, 0.4) is 0 Å². The first kappa shape index (κ1) is 27.4. The maximum atomic E-state index is 18.5. The van der Waals surface area contributed by atoms with E-state index in [4.69, 9.17) is 10.5 Å². The zero-order valence-corrected chi connectivity index (χ0v) is 23.8. The molecule has 5 rings (SSSR count). The zero-order chi connectivity index (χ0) is 28.0. The molecule has 0 bridgehead atoms. The first-order valence-electron chi connectivity index (χ1n) is 13.4. The fourth-order valence-electron chi connectivity index (χ4n) is 5.24. The number of rotatable bonds is 9. The van der Waals surface area contributed by atoms with Crippen molar-refractivity contribution >= 4 is 34.7 Å². The van der Waals surface area contributed by atoms with Crippen LogP contribution in [0.5, 0.6) is 5.75 Å². The van der Waals surface area contributed by atoms with Crippen LogP contribution in [0.2, 0.25) is 0 Å². The normalized spacial score (nSPS) is 16.1. The molecular weight excluding hydrogens is 520 g/mol. The molecule has 0 saturated carbocycles. The van der Waals surface area contributed by atoms with E-state index in [1.165, 1.54) is 0 Å².